The van der Waals surface area contributed by atoms with E-state index >= 15 is 0 Å². The number of hydrogen-bond donors (Lipinski definition) is 0. The molecule has 0 aromatic heterocycles. The lowest BCUT2D eigenvalue weighted by molar-refractivity contribution is -0.116. The van der Waals surface area contributed by atoms with Crippen LogP contribution in [0.5, 0.6) is 0 Å². The van der Waals surface area contributed by atoms with Crippen molar-refractivity contribution in [3.63, 3.8) is 0 Å². The summed E-state index contributed by atoms with van der Waals surface area (Å²) < 4.78 is 0. The van der Waals surface area contributed by atoms with Crippen LogP contribution in [0, 0.1) is 16.7 Å². The predicted octanol–water partition coefficient (Wildman–Crippen LogP) is 2.28. The molecule has 0 aromatic carbocycles. The molecule has 2 nitrogen and oxygen atoms in total. The number of ketones is 1. The van der Waals surface area contributed by atoms with Gasteiger partial charge in [0.05, 0.1) is 16.3 Å². The maximum atomic E-state index is 10.8. The molecule has 62 valence electrons. The van der Waals surface area contributed by atoms with Crippen LogP contribution < -0.4 is 0 Å². The Morgan fingerprint density at radius 3 is 2.45 bits per heavy atom. The number of hydrogen-bond acceptors (Lipinski definition) is 2. The van der Waals surface area contributed by atoms with E-state index in [2.05, 4.69) is 22.0 Å². The first-order chi connectivity index (χ1) is 4.89. The first kappa shape index (κ1) is 10.6. The highest BCUT2D eigenvalue weighted by atomic mass is 79.9. The van der Waals surface area contributed by atoms with Crippen LogP contribution in [0.1, 0.15) is 27.2 Å². The molecular formula is C8H12BrNO. The number of nitrogens with zero attached hydrogens (tertiary/aromatic N) is 1. The van der Waals surface area contributed by atoms with Crippen LogP contribution in [0.2, 0.25) is 0 Å². The molecule has 0 aliphatic carbocycles. The van der Waals surface area contributed by atoms with E-state index in [-0.39, 0.29) is 10.6 Å². The van der Waals surface area contributed by atoms with Gasteiger partial charge in [-0.2, -0.15) is 5.26 Å². The third-order valence-corrected chi connectivity index (χ3v) is 2.40. The van der Waals surface area contributed by atoms with Crippen molar-refractivity contribution in [3.05, 3.63) is 0 Å². The monoisotopic (exact) mass is 217 g/mol. The van der Waals surface area contributed by atoms with E-state index < -0.39 is 5.41 Å². The van der Waals surface area contributed by atoms with Gasteiger partial charge in [-0.1, -0.05) is 15.9 Å². The molecule has 0 aliphatic rings. The molecule has 0 radical (unpaired) electrons. The maximum Gasteiger partial charge on any atom is 0.143 e. The zero-order valence-electron chi connectivity index (χ0n) is 7.02. The quantitative estimate of drug-likeness (QED) is 0.681. The average molecular weight is 218 g/mol. The summed E-state index contributed by atoms with van der Waals surface area (Å²) in [7, 11) is 0. The minimum Gasteiger partial charge on any atom is -0.299 e. The minimum absolute atomic E-state index is 0.0772. The van der Waals surface area contributed by atoms with Gasteiger partial charge in [-0.3, -0.25) is 4.79 Å². The van der Waals surface area contributed by atoms with E-state index in [0.717, 1.165) is 0 Å². The van der Waals surface area contributed by atoms with Crippen LogP contribution in [0.25, 0.3) is 0 Å². The van der Waals surface area contributed by atoms with Crippen LogP contribution in [0.3, 0.4) is 0 Å². The highest BCUT2D eigenvalue weighted by Gasteiger charge is 2.23. The van der Waals surface area contributed by atoms with Gasteiger partial charge in [0.1, 0.15) is 5.78 Å². The van der Waals surface area contributed by atoms with Gasteiger partial charge in [0, 0.05) is 0 Å². The molecule has 0 amide bonds. The Balaban J connectivity index is 4.07. The van der Waals surface area contributed by atoms with E-state index in [1.165, 1.54) is 6.92 Å². The molecule has 0 rings (SSSR count). The van der Waals surface area contributed by atoms with Crippen LogP contribution in [0.15, 0.2) is 0 Å². The van der Waals surface area contributed by atoms with Crippen molar-refractivity contribution < 1.29 is 4.79 Å². The normalized spacial score (nSPS) is 13.7. The van der Waals surface area contributed by atoms with Crippen molar-refractivity contribution in [2.45, 2.75) is 32.0 Å². The second-order valence-electron chi connectivity index (χ2n) is 3.28. The summed E-state index contributed by atoms with van der Waals surface area (Å²) in [5.74, 6) is 0.0772. The fourth-order valence-corrected chi connectivity index (χ4v) is 1.45. The van der Waals surface area contributed by atoms with Crippen molar-refractivity contribution in [2.24, 2.45) is 5.41 Å². The van der Waals surface area contributed by atoms with E-state index in [0.29, 0.717) is 6.42 Å². The Morgan fingerprint density at radius 1 is 1.73 bits per heavy atom. The van der Waals surface area contributed by atoms with Crippen molar-refractivity contribution >= 4 is 21.7 Å². The van der Waals surface area contributed by atoms with Crippen LogP contribution in [-0.2, 0) is 4.79 Å². The number of rotatable bonds is 3. The van der Waals surface area contributed by atoms with Gasteiger partial charge < -0.3 is 0 Å². The van der Waals surface area contributed by atoms with Crippen LogP contribution in [-0.4, -0.2) is 10.6 Å². The third kappa shape index (κ3) is 4.15. The summed E-state index contributed by atoms with van der Waals surface area (Å²) >= 11 is 3.22. The summed E-state index contributed by atoms with van der Waals surface area (Å²) in [5.41, 5.74) is -0.417. The van der Waals surface area contributed by atoms with Crippen molar-refractivity contribution in [3.8, 4) is 6.07 Å². The highest BCUT2D eigenvalue weighted by Crippen LogP contribution is 2.24. The molecule has 11 heavy (non-hydrogen) atoms. The van der Waals surface area contributed by atoms with Gasteiger partial charge in [0.15, 0.2) is 0 Å². The SMILES string of the molecule is CC(=O)[C@@H](Br)CC(C)(C)C#N. The van der Waals surface area contributed by atoms with E-state index in [9.17, 15) is 4.79 Å². The highest BCUT2D eigenvalue weighted by molar-refractivity contribution is 9.10. The third-order valence-electron chi connectivity index (χ3n) is 1.43. The topological polar surface area (TPSA) is 40.9 Å². The van der Waals surface area contributed by atoms with Gasteiger partial charge in [-0.05, 0) is 27.2 Å². The Hall–Kier alpha value is -0.360. The fraction of sp³-hybridized carbons (Fsp3) is 0.750. The predicted molar refractivity (Wildman–Crippen MR) is 47.4 cm³/mol. The molecule has 0 heterocycles. The summed E-state index contributed by atoms with van der Waals surface area (Å²) in [5, 5.41) is 8.64. The van der Waals surface area contributed by atoms with Crippen LogP contribution in [0.4, 0.5) is 0 Å². The number of carbonyl (C=O) groups excluding carboxylic acids is 1. The molecule has 0 saturated carbocycles. The Bertz CT molecular complexity index is 193. The van der Waals surface area contributed by atoms with Gasteiger partial charge in [-0.25, -0.2) is 0 Å². The van der Waals surface area contributed by atoms with Crippen molar-refractivity contribution in [1.29, 1.82) is 5.26 Å². The number of halogens is 1. The van der Waals surface area contributed by atoms with Gasteiger partial charge in [-0.15, -0.1) is 0 Å². The summed E-state index contributed by atoms with van der Waals surface area (Å²) in [4.78, 5) is 10.6. The van der Waals surface area contributed by atoms with Crippen molar-refractivity contribution in [2.75, 3.05) is 0 Å². The second kappa shape index (κ2) is 3.87. The standard InChI is InChI=1S/C8H12BrNO/c1-6(11)7(9)4-8(2,3)5-10/h7H,4H2,1-3H3/t7-/m0/s1. The lowest BCUT2D eigenvalue weighted by Gasteiger charge is -2.16. The lowest BCUT2D eigenvalue weighted by Crippen LogP contribution is -2.19. The molecule has 0 spiro atoms. The van der Waals surface area contributed by atoms with Gasteiger partial charge in [0.25, 0.3) is 0 Å². The zero-order valence-corrected chi connectivity index (χ0v) is 8.60. The average Bonchev–Trinajstić information content (AvgIpc) is 1.87. The molecule has 3 heteroatoms. The Morgan fingerprint density at radius 2 is 2.18 bits per heavy atom. The minimum atomic E-state index is -0.417. The Labute approximate surface area is 75.7 Å². The molecule has 1 atom stereocenters. The van der Waals surface area contributed by atoms with E-state index in [1.54, 1.807) is 0 Å². The molecule has 0 N–H and O–H groups in total. The molecule has 0 fully saturated rings. The molecule has 0 unspecified atom stereocenters. The smallest absolute Gasteiger partial charge is 0.143 e. The fourth-order valence-electron chi connectivity index (χ4n) is 0.637. The second-order valence-corrected chi connectivity index (χ2v) is 4.38. The first-order valence-corrected chi connectivity index (χ1v) is 4.36. The van der Waals surface area contributed by atoms with Crippen molar-refractivity contribution in [1.82, 2.24) is 0 Å². The first-order valence-electron chi connectivity index (χ1n) is 3.45. The summed E-state index contributed by atoms with van der Waals surface area (Å²) in [6.45, 7) is 5.17. The van der Waals surface area contributed by atoms with Gasteiger partial charge in [0.2, 0.25) is 0 Å². The van der Waals surface area contributed by atoms with Crippen LogP contribution >= 0.6 is 15.9 Å². The summed E-state index contributed by atoms with van der Waals surface area (Å²) in [6, 6.07) is 2.14. The molecular weight excluding hydrogens is 206 g/mol. The largest absolute Gasteiger partial charge is 0.299 e. The van der Waals surface area contributed by atoms with E-state index in [4.69, 9.17) is 5.26 Å². The molecule has 0 aliphatic heterocycles. The number of nitriles is 1. The maximum absolute atomic E-state index is 10.8. The van der Waals surface area contributed by atoms with E-state index in [1.807, 2.05) is 13.8 Å². The number of alkyl halides is 1. The molecule has 0 aromatic rings. The number of Topliss-reactive ketones (excluding diaryl/α,β-unsaturated/α-hetero) is 1. The molecule has 0 saturated heterocycles. The summed E-state index contributed by atoms with van der Waals surface area (Å²) in [6.07, 6.45) is 0.568. The zero-order chi connectivity index (χ0) is 9.07. The molecule has 0 bridgehead atoms. The Kier molecular flexibility index (Phi) is 3.74. The lowest BCUT2D eigenvalue weighted by atomic mass is 9.89. The van der Waals surface area contributed by atoms with Gasteiger partial charge >= 0.3 is 0 Å². The number of carbonyl (C=O) groups is 1.